The van der Waals surface area contributed by atoms with Gasteiger partial charge in [-0.25, -0.2) is 14.8 Å². The van der Waals surface area contributed by atoms with E-state index in [-0.39, 0.29) is 11.9 Å². The van der Waals surface area contributed by atoms with Gasteiger partial charge in [-0.05, 0) is 46.2 Å². The highest BCUT2D eigenvalue weighted by molar-refractivity contribution is 6.05. The van der Waals surface area contributed by atoms with Crippen molar-refractivity contribution in [2.75, 3.05) is 13.6 Å². The van der Waals surface area contributed by atoms with Gasteiger partial charge >= 0.3 is 6.09 Å². The smallest absolute Gasteiger partial charge is 0.410 e. The van der Waals surface area contributed by atoms with Crippen LogP contribution in [0.4, 0.5) is 4.79 Å². The largest absolute Gasteiger partial charge is 0.444 e. The number of nitrogens with one attached hydrogen (secondary N) is 3. The number of fused-ring (bicyclic) bond motifs is 2. The van der Waals surface area contributed by atoms with Gasteiger partial charge in [-0.3, -0.25) is 9.89 Å². The number of carbonyl (C=O) groups excluding carboxylic acids is 2. The highest BCUT2D eigenvalue weighted by Gasteiger charge is 2.23. The maximum atomic E-state index is 13.0. The second kappa shape index (κ2) is 8.77. The van der Waals surface area contributed by atoms with Crippen molar-refractivity contribution in [2.24, 2.45) is 0 Å². The first-order chi connectivity index (χ1) is 16.0. The lowest BCUT2D eigenvalue weighted by molar-refractivity contribution is 0.0284. The number of hydrogen-bond donors (Lipinski definition) is 3. The first-order valence-electron chi connectivity index (χ1n) is 11.1. The second-order valence-electron chi connectivity index (χ2n) is 9.51. The summed E-state index contributed by atoms with van der Waals surface area (Å²) in [5.74, 6) is -0.315. The van der Waals surface area contributed by atoms with E-state index >= 15 is 0 Å². The second-order valence-corrected chi connectivity index (χ2v) is 9.51. The molecule has 0 aliphatic carbocycles. The number of H-pyrrole nitrogens is 2. The SMILES string of the molecule is Cc1ccc2c(-c3cnc4[nH]cc(C(=O)NC(C)CN(C)C(=O)OC(C)(C)C)c4n3)n[nH]c2c1. The monoisotopic (exact) mass is 463 g/mol. The Morgan fingerprint density at radius 2 is 2.03 bits per heavy atom. The van der Waals surface area contributed by atoms with E-state index in [9.17, 15) is 9.59 Å². The molecule has 0 aliphatic rings. The Bertz CT molecular complexity index is 1370. The molecule has 0 saturated heterocycles. The van der Waals surface area contributed by atoms with Gasteiger partial charge in [0.2, 0.25) is 0 Å². The van der Waals surface area contributed by atoms with E-state index in [4.69, 9.17) is 4.74 Å². The summed E-state index contributed by atoms with van der Waals surface area (Å²) in [5, 5.41) is 11.3. The van der Waals surface area contributed by atoms with Crippen molar-refractivity contribution in [3.63, 3.8) is 0 Å². The quantitative estimate of drug-likeness (QED) is 0.413. The number of hydrogen-bond acceptors (Lipinski definition) is 6. The number of aromatic nitrogens is 5. The Morgan fingerprint density at radius 1 is 1.26 bits per heavy atom. The average molecular weight is 464 g/mol. The maximum absolute atomic E-state index is 13.0. The number of aryl methyl sites for hydroxylation is 1. The van der Waals surface area contributed by atoms with Crippen molar-refractivity contribution in [1.82, 2.24) is 35.4 Å². The van der Waals surface area contributed by atoms with Crippen molar-refractivity contribution < 1.29 is 14.3 Å². The predicted octanol–water partition coefficient (Wildman–Crippen LogP) is 3.79. The van der Waals surface area contributed by atoms with Crippen LogP contribution in [0.1, 0.15) is 43.6 Å². The zero-order valence-corrected chi connectivity index (χ0v) is 20.2. The van der Waals surface area contributed by atoms with E-state index in [1.807, 2.05) is 52.8 Å². The van der Waals surface area contributed by atoms with Gasteiger partial charge in [0.25, 0.3) is 5.91 Å². The Labute approximate surface area is 197 Å². The summed E-state index contributed by atoms with van der Waals surface area (Å²) in [6.07, 6.45) is 2.77. The Kier molecular flexibility index (Phi) is 5.99. The summed E-state index contributed by atoms with van der Waals surface area (Å²) in [6.45, 7) is 9.55. The van der Waals surface area contributed by atoms with Gasteiger partial charge in [0, 0.05) is 31.2 Å². The topological polar surface area (TPSA) is 129 Å². The molecule has 1 aromatic carbocycles. The van der Waals surface area contributed by atoms with Crippen LogP contribution in [0.25, 0.3) is 33.5 Å². The Hall–Kier alpha value is -3.95. The highest BCUT2D eigenvalue weighted by atomic mass is 16.6. The van der Waals surface area contributed by atoms with Crippen LogP contribution in [0, 0.1) is 6.92 Å². The van der Waals surface area contributed by atoms with Crippen LogP contribution in [-0.4, -0.2) is 67.3 Å². The number of aromatic amines is 2. The lowest BCUT2D eigenvalue weighted by atomic mass is 10.1. The highest BCUT2D eigenvalue weighted by Crippen LogP contribution is 2.27. The number of carbonyl (C=O) groups is 2. The van der Waals surface area contributed by atoms with Crippen molar-refractivity contribution in [1.29, 1.82) is 0 Å². The molecule has 3 aromatic heterocycles. The molecule has 1 unspecified atom stereocenters. The van der Waals surface area contributed by atoms with E-state index in [1.54, 1.807) is 19.4 Å². The standard InChI is InChI=1S/C24H29N7O3/c1-13-7-8-15-17(9-13)29-30-19(15)18-11-26-21-20(28-18)16(10-25-21)22(32)27-14(2)12-31(6)23(33)34-24(3,4)5/h7-11,14H,12H2,1-6H3,(H,25,26)(H,27,32)(H,29,30). The van der Waals surface area contributed by atoms with Crippen LogP contribution < -0.4 is 5.32 Å². The molecule has 3 heterocycles. The summed E-state index contributed by atoms with van der Waals surface area (Å²) in [4.78, 5) is 38.8. The molecule has 3 N–H and O–H groups in total. The molecule has 2 amide bonds. The maximum Gasteiger partial charge on any atom is 0.410 e. The summed E-state index contributed by atoms with van der Waals surface area (Å²) in [6, 6.07) is 5.70. The van der Waals surface area contributed by atoms with Gasteiger partial charge < -0.3 is 19.9 Å². The molecule has 4 rings (SSSR count). The number of likely N-dealkylation sites (N-methyl/N-ethyl adjacent to an activating group) is 1. The number of nitrogens with zero attached hydrogens (tertiary/aromatic N) is 4. The third kappa shape index (κ3) is 4.85. The zero-order chi connectivity index (χ0) is 24.6. The van der Waals surface area contributed by atoms with Gasteiger partial charge in [-0.15, -0.1) is 0 Å². The summed E-state index contributed by atoms with van der Waals surface area (Å²) >= 11 is 0. The van der Waals surface area contributed by atoms with Gasteiger partial charge in [-0.2, -0.15) is 5.10 Å². The van der Waals surface area contributed by atoms with Crippen molar-refractivity contribution in [3.8, 4) is 11.4 Å². The molecule has 178 valence electrons. The zero-order valence-electron chi connectivity index (χ0n) is 20.2. The lowest BCUT2D eigenvalue weighted by Crippen LogP contribution is -2.44. The number of amides is 2. The van der Waals surface area contributed by atoms with Crippen LogP contribution in [0.15, 0.2) is 30.6 Å². The minimum Gasteiger partial charge on any atom is -0.444 e. The van der Waals surface area contributed by atoms with Crippen molar-refractivity contribution in [2.45, 2.75) is 46.3 Å². The molecule has 0 radical (unpaired) electrons. The van der Waals surface area contributed by atoms with Crippen LogP contribution in [0.5, 0.6) is 0 Å². The minimum absolute atomic E-state index is 0.290. The van der Waals surface area contributed by atoms with Crippen molar-refractivity contribution in [3.05, 3.63) is 41.7 Å². The first kappa shape index (κ1) is 23.2. The Balaban J connectivity index is 1.53. The third-order valence-corrected chi connectivity index (χ3v) is 5.22. The molecular formula is C24H29N7O3. The van der Waals surface area contributed by atoms with Gasteiger partial charge in [0.15, 0.2) is 5.65 Å². The molecule has 0 aliphatic heterocycles. The molecule has 0 fully saturated rings. The predicted molar refractivity (Wildman–Crippen MR) is 130 cm³/mol. The van der Waals surface area contributed by atoms with E-state index < -0.39 is 11.7 Å². The first-order valence-corrected chi connectivity index (χ1v) is 11.1. The number of benzene rings is 1. The summed E-state index contributed by atoms with van der Waals surface area (Å²) < 4.78 is 5.36. The molecule has 0 spiro atoms. The van der Waals surface area contributed by atoms with E-state index in [0.29, 0.717) is 34.7 Å². The summed E-state index contributed by atoms with van der Waals surface area (Å²) in [5.41, 5.74) is 4.00. The molecule has 0 bridgehead atoms. The van der Waals surface area contributed by atoms with E-state index in [2.05, 4.69) is 30.5 Å². The van der Waals surface area contributed by atoms with E-state index in [0.717, 1.165) is 16.5 Å². The fourth-order valence-electron chi connectivity index (χ4n) is 3.68. The molecule has 10 nitrogen and oxygen atoms in total. The molecule has 4 aromatic rings. The molecule has 34 heavy (non-hydrogen) atoms. The fourth-order valence-corrected chi connectivity index (χ4v) is 3.68. The van der Waals surface area contributed by atoms with Crippen LogP contribution in [-0.2, 0) is 4.74 Å². The van der Waals surface area contributed by atoms with Gasteiger partial charge in [0.05, 0.1) is 17.3 Å². The summed E-state index contributed by atoms with van der Waals surface area (Å²) in [7, 11) is 1.63. The lowest BCUT2D eigenvalue weighted by Gasteiger charge is -2.26. The Morgan fingerprint density at radius 3 is 2.76 bits per heavy atom. The average Bonchev–Trinajstić information content (AvgIpc) is 3.35. The number of ether oxygens (including phenoxy) is 1. The van der Waals surface area contributed by atoms with Gasteiger partial charge in [-0.1, -0.05) is 12.1 Å². The molecular weight excluding hydrogens is 434 g/mol. The third-order valence-electron chi connectivity index (χ3n) is 5.22. The minimum atomic E-state index is -0.587. The van der Waals surface area contributed by atoms with E-state index in [1.165, 1.54) is 4.90 Å². The molecule has 10 heteroatoms. The van der Waals surface area contributed by atoms with Crippen molar-refractivity contribution >= 4 is 34.1 Å². The van der Waals surface area contributed by atoms with Gasteiger partial charge in [0.1, 0.15) is 22.5 Å². The molecule has 0 saturated carbocycles. The number of rotatable bonds is 5. The van der Waals surface area contributed by atoms with Crippen LogP contribution in [0.2, 0.25) is 0 Å². The normalized spacial score (nSPS) is 12.6. The fraction of sp³-hybridized carbons (Fsp3) is 0.375. The van der Waals surface area contributed by atoms with Crippen LogP contribution in [0.3, 0.4) is 0 Å². The molecule has 1 atom stereocenters. The van der Waals surface area contributed by atoms with Crippen LogP contribution >= 0.6 is 0 Å².